The Bertz CT molecular complexity index is 983. The lowest BCUT2D eigenvalue weighted by molar-refractivity contribution is -0.128. The minimum atomic E-state index is -0.0997. The third kappa shape index (κ3) is 3.84. The lowest BCUT2D eigenvalue weighted by atomic mass is 9.93. The maximum absolute atomic E-state index is 13.2. The van der Waals surface area contributed by atoms with Gasteiger partial charge in [0.2, 0.25) is 5.91 Å². The van der Waals surface area contributed by atoms with Crippen LogP contribution in [0.15, 0.2) is 29.8 Å². The number of fused-ring (bicyclic) bond motifs is 1. The molecular formula is C23H28N4O2. The molecule has 3 heterocycles. The molecule has 0 bridgehead atoms. The molecule has 2 aromatic rings. The zero-order valence-electron chi connectivity index (χ0n) is 17.4. The number of carbonyl (C=O) groups excluding carboxylic acids is 2. The van der Waals surface area contributed by atoms with Crippen molar-refractivity contribution in [3.63, 3.8) is 0 Å². The van der Waals surface area contributed by atoms with Gasteiger partial charge in [-0.1, -0.05) is 19.1 Å². The van der Waals surface area contributed by atoms with E-state index in [1.54, 1.807) is 0 Å². The van der Waals surface area contributed by atoms with Crippen molar-refractivity contribution >= 4 is 23.7 Å². The summed E-state index contributed by atoms with van der Waals surface area (Å²) in [5, 5.41) is 2.84. The molecule has 1 aromatic carbocycles. The van der Waals surface area contributed by atoms with Crippen LogP contribution in [0.2, 0.25) is 0 Å². The largest absolute Gasteiger partial charge is 0.339 e. The van der Waals surface area contributed by atoms with E-state index >= 15 is 0 Å². The Morgan fingerprint density at radius 2 is 1.93 bits per heavy atom. The lowest BCUT2D eigenvalue weighted by Crippen LogP contribution is -2.38. The molecule has 1 unspecified atom stereocenters. The van der Waals surface area contributed by atoms with Crippen LogP contribution in [0.3, 0.4) is 0 Å². The number of rotatable bonds is 3. The third-order valence-electron chi connectivity index (χ3n) is 5.79. The van der Waals surface area contributed by atoms with Crippen LogP contribution >= 0.6 is 0 Å². The average molecular weight is 393 g/mol. The molecule has 0 radical (unpaired) electrons. The Labute approximate surface area is 171 Å². The number of hydrogen-bond donors (Lipinski definition) is 1. The van der Waals surface area contributed by atoms with Crippen LogP contribution in [0.5, 0.6) is 0 Å². The first kappa shape index (κ1) is 19.4. The molecular weight excluding hydrogens is 364 g/mol. The lowest BCUT2D eigenvalue weighted by Gasteiger charge is -2.31. The van der Waals surface area contributed by atoms with Crippen LogP contribution in [0, 0.1) is 12.8 Å². The highest BCUT2D eigenvalue weighted by molar-refractivity contribution is 5.97. The number of nitrogens with one attached hydrogen (secondary N) is 1. The number of piperidine rings is 1. The number of aryl methyl sites for hydroxylation is 1. The van der Waals surface area contributed by atoms with E-state index in [4.69, 9.17) is 4.98 Å². The van der Waals surface area contributed by atoms with Crippen molar-refractivity contribution in [3.05, 3.63) is 41.4 Å². The minimum absolute atomic E-state index is 0.0997. The summed E-state index contributed by atoms with van der Waals surface area (Å²) in [7, 11) is 0. The monoisotopic (exact) mass is 392 g/mol. The standard InChI is InChI=1S/C23H28N4O2/c1-15-12-21-24-16(2)22(18-8-7-9-19(13-18)25-17(3)28)27(21)14-20(15)23(29)26-10-5-4-6-11-26/h7-9,13-15H,4-6,10-12H2,1-3H3,(H,25,28). The van der Waals surface area contributed by atoms with Crippen LogP contribution < -0.4 is 5.32 Å². The molecule has 6 heteroatoms. The van der Waals surface area contributed by atoms with Crippen molar-refractivity contribution in [2.75, 3.05) is 18.4 Å². The van der Waals surface area contributed by atoms with Crippen LogP contribution in [0.4, 0.5) is 5.69 Å². The maximum atomic E-state index is 13.2. The highest BCUT2D eigenvalue weighted by Crippen LogP contribution is 2.33. The summed E-state index contributed by atoms with van der Waals surface area (Å²) in [5.41, 5.74) is 4.49. The highest BCUT2D eigenvalue weighted by atomic mass is 16.2. The number of carbonyl (C=O) groups is 2. The number of imidazole rings is 1. The molecule has 1 atom stereocenters. The minimum Gasteiger partial charge on any atom is -0.339 e. The van der Waals surface area contributed by atoms with E-state index in [1.165, 1.54) is 13.3 Å². The SMILES string of the molecule is CC(=O)Nc1cccc(-c2c(C)nc3n2C=C(C(=O)N2CCCCC2)C(C)C3)c1. The predicted molar refractivity (Wildman–Crippen MR) is 114 cm³/mol. The van der Waals surface area contributed by atoms with Crippen LogP contribution in [-0.2, 0) is 16.0 Å². The van der Waals surface area contributed by atoms with Crippen molar-refractivity contribution in [3.8, 4) is 11.3 Å². The molecule has 29 heavy (non-hydrogen) atoms. The first-order chi connectivity index (χ1) is 13.9. The van der Waals surface area contributed by atoms with Gasteiger partial charge in [-0.25, -0.2) is 4.98 Å². The fraction of sp³-hybridized carbons (Fsp3) is 0.435. The van der Waals surface area contributed by atoms with E-state index in [2.05, 4.69) is 16.8 Å². The van der Waals surface area contributed by atoms with Gasteiger partial charge < -0.3 is 14.8 Å². The van der Waals surface area contributed by atoms with E-state index in [-0.39, 0.29) is 17.7 Å². The number of amides is 2. The van der Waals surface area contributed by atoms with Gasteiger partial charge >= 0.3 is 0 Å². The Kier molecular flexibility index (Phi) is 5.26. The molecule has 1 saturated heterocycles. The summed E-state index contributed by atoms with van der Waals surface area (Å²) >= 11 is 0. The van der Waals surface area contributed by atoms with E-state index in [1.807, 2.05) is 42.3 Å². The van der Waals surface area contributed by atoms with Crippen LogP contribution in [0.25, 0.3) is 17.5 Å². The number of hydrogen-bond acceptors (Lipinski definition) is 3. The van der Waals surface area contributed by atoms with Gasteiger partial charge in [-0.15, -0.1) is 0 Å². The number of benzene rings is 1. The second-order valence-corrected chi connectivity index (χ2v) is 8.14. The summed E-state index contributed by atoms with van der Waals surface area (Å²) in [5.74, 6) is 1.19. The van der Waals surface area contributed by atoms with Crippen molar-refractivity contribution in [2.45, 2.75) is 46.5 Å². The topological polar surface area (TPSA) is 67.2 Å². The van der Waals surface area contributed by atoms with Gasteiger partial charge in [-0.3, -0.25) is 9.59 Å². The number of aromatic nitrogens is 2. The van der Waals surface area contributed by atoms with Gasteiger partial charge in [-0.2, -0.15) is 0 Å². The van der Waals surface area contributed by atoms with E-state index in [9.17, 15) is 9.59 Å². The number of likely N-dealkylation sites (tertiary alicyclic amines) is 1. The molecule has 1 aromatic heterocycles. The van der Waals surface area contributed by atoms with Gasteiger partial charge in [0.05, 0.1) is 11.4 Å². The van der Waals surface area contributed by atoms with E-state index in [0.717, 1.165) is 66.4 Å². The van der Waals surface area contributed by atoms with Gasteiger partial charge in [-0.05, 0) is 44.2 Å². The molecule has 2 amide bonds. The first-order valence-corrected chi connectivity index (χ1v) is 10.4. The third-order valence-corrected chi connectivity index (χ3v) is 5.79. The Balaban J connectivity index is 1.73. The molecule has 1 N–H and O–H groups in total. The van der Waals surface area contributed by atoms with Gasteiger partial charge in [0.25, 0.3) is 5.91 Å². The molecule has 0 spiro atoms. The maximum Gasteiger partial charge on any atom is 0.251 e. The molecule has 6 nitrogen and oxygen atoms in total. The Hall–Kier alpha value is -2.89. The van der Waals surface area contributed by atoms with Gasteiger partial charge in [0.1, 0.15) is 5.82 Å². The van der Waals surface area contributed by atoms with Crippen molar-refractivity contribution in [2.24, 2.45) is 5.92 Å². The van der Waals surface area contributed by atoms with Gasteiger partial charge in [0.15, 0.2) is 0 Å². The average Bonchev–Trinajstić information content (AvgIpc) is 3.01. The highest BCUT2D eigenvalue weighted by Gasteiger charge is 2.30. The van der Waals surface area contributed by atoms with Crippen molar-refractivity contribution in [1.29, 1.82) is 0 Å². The summed E-state index contributed by atoms with van der Waals surface area (Å²) in [4.78, 5) is 31.4. The summed E-state index contributed by atoms with van der Waals surface area (Å²) in [6, 6.07) is 7.77. The Morgan fingerprint density at radius 3 is 2.66 bits per heavy atom. The molecule has 2 aliphatic rings. The van der Waals surface area contributed by atoms with Crippen LogP contribution in [0.1, 0.15) is 44.6 Å². The second-order valence-electron chi connectivity index (χ2n) is 8.14. The first-order valence-electron chi connectivity index (χ1n) is 10.4. The zero-order chi connectivity index (χ0) is 20.5. The Morgan fingerprint density at radius 1 is 1.17 bits per heavy atom. The number of nitrogens with zero attached hydrogens (tertiary/aromatic N) is 3. The number of anilines is 1. The van der Waals surface area contributed by atoms with Crippen LogP contribution in [-0.4, -0.2) is 39.4 Å². The molecule has 152 valence electrons. The van der Waals surface area contributed by atoms with E-state index in [0.29, 0.717) is 0 Å². The summed E-state index contributed by atoms with van der Waals surface area (Å²) in [6.45, 7) is 7.31. The molecule has 4 rings (SSSR count). The molecule has 0 aliphatic carbocycles. The van der Waals surface area contributed by atoms with E-state index < -0.39 is 0 Å². The summed E-state index contributed by atoms with van der Waals surface area (Å²) < 4.78 is 2.07. The second kappa shape index (κ2) is 7.85. The molecule has 0 saturated carbocycles. The zero-order valence-corrected chi connectivity index (χ0v) is 17.4. The van der Waals surface area contributed by atoms with Crippen molar-refractivity contribution < 1.29 is 9.59 Å². The normalized spacial score (nSPS) is 18.8. The quantitative estimate of drug-likeness (QED) is 0.862. The van der Waals surface area contributed by atoms with Crippen molar-refractivity contribution in [1.82, 2.24) is 14.5 Å². The molecule has 2 aliphatic heterocycles. The predicted octanol–water partition coefficient (Wildman–Crippen LogP) is 3.86. The van der Waals surface area contributed by atoms with Gasteiger partial charge in [0, 0.05) is 49.5 Å². The summed E-state index contributed by atoms with van der Waals surface area (Å²) in [6.07, 6.45) is 6.12. The smallest absolute Gasteiger partial charge is 0.251 e. The fourth-order valence-electron chi connectivity index (χ4n) is 4.38. The molecule has 1 fully saturated rings. The fourth-order valence-corrected chi connectivity index (χ4v) is 4.38.